The molecule has 0 amide bonds. The fraction of sp³-hybridized carbons (Fsp3) is 0.476. The number of methoxy groups -OCH3 is 1. The number of hydrogen-bond acceptors (Lipinski definition) is 9. The van der Waals surface area contributed by atoms with E-state index in [4.69, 9.17) is 9.47 Å². The van der Waals surface area contributed by atoms with Crippen molar-refractivity contribution in [2.75, 3.05) is 38.8 Å². The van der Waals surface area contributed by atoms with Crippen LogP contribution in [-0.2, 0) is 19.1 Å². The minimum Gasteiger partial charge on any atom is -0.468 e. The molecule has 0 saturated heterocycles. The maximum atomic E-state index is 13.0. The zero-order valence-corrected chi connectivity index (χ0v) is 18.9. The lowest BCUT2D eigenvalue weighted by atomic mass is 9.75. The first-order chi connectivity index (χ1) is 14.8. The predicted octanol–water partition coefficient (Wildman–Crippen LogP) is 2.71. The first-order valence-corrected chi connectivity index (χ1v) is 11.0. The molecule has 2 atom stereocenters. The van der Waals surface area contributed by atoms with E-state index in [2.05, 4.69) is 10.3 Å². The van der Waals surface area contributed by atoms with Gasteiger partial charge in [0.05, 0.1) is 29.9 Å². The number of nitrogens with one attached hydrogen (secondary N) is 1. The van der Waals surface area contributed by atoms with Crippen LogP contribution < -0.4 is 5.32 Å². The van der Waals surface area contributed by atoms with Crippen molar-refractivity contribution >= 4 is 35.1 Å². The molecule has 0 aromatic heterocycles. The topological polar surface area (TPSA) is 120 Å². The fourth-order valence-electron chi connectivity index (χ4n) is 3.46. The van der Waals surface area contributed by atoms with Crippen molar-refractivity contribution in [3.05, 3.63) is 51.2 Å². The van der Waals surface area contributed by atoms with E-state index in [1.54, 1.807) is 31.7 Å². The van der Waals surface area contributed by atoms with Crippen molar-refractivity contribution in [1.29, 1.82) is 0 Å². The minimum atomic E-state index is -0.891. The number of nitro benzene ring substituents is 1. The summed E-state index contributed by atoms with van der Waals surface area (Å²) in [6.07, 6.45) is 0. The van der Waals surface area contributed by atoms with Gasteiger partial charge in [0.1, 0.15) is 5.92 Å². The second-order valence-electron chi connectivity index (χ2n) is 6.82. The number of benzene rings is 1. The molecule has 1 N–H and O–H groups in total. The van der Waals surface area contributed by atoms with Crippen molar-refractivity contribution in [3.8, 4) is 0 Å². The molecule has 0 radical (unpaired) electrons. The van der Waals surface area contributed by atoms with Crippen LogP contribution in [0.2, 0.25) is 0 Å². The van der Waals surface area contributed by atoms with Crippen LogP contribution in [0, 0.1) is 16.0 Å². The minimum absolute atomic E-state index is 0.130. The van der Waals surface area contributed by atoms with Gasteiger partial charge in [-0.2, -0.15) is 11.8 Å². The Labute approximate surface area is 185 Å². The summed E-state index contributed by atoms with van der Waals surface area (Å²) < 4.78 is 10.3. The molecule has 0 bridgehead atoms. The van der Waals surface area contributed by atoms with Crippen LogP contribution in [0.25, 0.3) is 0 Å². The van der Waals surface area contributed by atoms with E-state index in [0.717, 1.165) is 12.3 Å². The third-order valence-electron chi connectivity index (χ3n) is 4.84. The van der Waals surface area contributed by atoms with Crippen molar-refractivity contribution < 1.29 is 24.0 Å². The van der Waals surface area contributed by atoms with Crippen LogP contribution in [0.15, 0.2) is 40.5 Å². The summed E-state index contributed by atoms with van der Waals surface area (Å²) in [4.78, 5) is 41.1. The molecule has 0 fully saturated rings. The molecule has 2 rings (SSSR count). The Balaban J connectivity index is 2.65. The van der Waals surface area contributed by atoms with Crippen LogP contribution in [0.5, 0.6) is 0 Å². The van der Waals surface area contributed by atoms with E-state index < -0.39 is 28.7 Å². The Bertz CT molecular complexity index is 899. The van der Waals surface area contributed by atoms with E-state index in [-0.39, 0.29) is 17.9 Å². The Morgan fingerprint density at radius 2 is 2.10 bits per heavy atom. The molecule has 0 aliphatic carbocycles. The summed E-state index contributed by atoms with van der Waals surface area (Å²) in [5.41, 5.74) is 1.56. The second-order valence-corrected chi connectivity index (χ2v) is 7.93. The Morgan fingerprint density at radius 3 is 2.71 bits per heavy atom. The molecule has 1 aromatic carbocycles. The van der Waals surface area contributed by atoms with Crippen molar-refractivity contribution in [2.24, 2.45) is 10.9 Å². The van der Waals surface area contributed by atoms with E-state index in [1.165, 1.54) is 25.3 Å². The zero-order chi connectivity index (χ0) is 23.0. The summed E-state index contributed by atoms with van der Waals surface area (Å²) >= 11 is 1.59. The molecule has 1 heterocycles. The molecule has 168 valence electrons. The van der Waals surface area contributed by atoms with Gasteiger partial charge < -0.3 is 14.8 Å². The van der Waals surface area contributed by atoms with Crippen LogP contribution in [0.3, 0.4) is 0 Å². The number of thioether (sulfide) groups is 1. The number of esters is 2. The zero-order valence-electron chi connectivity index (χ0n) is 18.0. The quantitative estimate of drug-likeness (QED) is 0.251. The van der Waals surface area contributed by atoms with Crippen LogP contribution >= 0.6 is 11.8 Å². The smallest absolute Gasteiger partial charge is 0.336 e. The lowest BCUT2D eigenvalue weighted by Crippen LogP contribution is -2.36. The largest absolute Gasteiger partial charge is 0.468 e. The van der Waals surface area contributed by atoms with E-state index >= 15 is 0 Å². The highest BCUT2D eigenvalue weighted by atomic mass is 32.2. The SMILES string of the molecule is CCOC(=O)C1=C(CSCCNC)N=C(C)C(C(=O)OC)C1c1cccc([N+](=O)[O-])c1. The predicted molar refractivity (Wildman–Crippen MR) is 119 cm³/mol. The molecule has 9 nitrogen and oxygen atoms in total. The molecule has 0 spiro atoms. The fourth-order valence-corrected chi connectivity index (χ4v) is 4.37. The van der Waals surface area contributed by atoms with Gasteiger partial charge in [-0.3, -0.25) is 19.9 Å². The molecule has 1 aromatic rings. The van der Waals surface area contributed by atoms with Gasteiger partial charge in [-0.25, -0.2) is 4.79 Å². The van der Waals surface area contributed by atoms with Gasteiger partial charge in [0.25, 0.3) is 5.69 Å². The van der Waals surface area contributed by atoms with Crippen molar-refractivity contribution in [1.82, 2.24) is 5.32 Å². The molecule has 1 aliphatic heterocycles. The molecule has 0 saturated carbocycles. The van der Waals surface area contributed by atoms with Crippen LogP contribution in [0.1, 0.15) is 25.3 Å². The first-order valence-electron chi connectivity index (χ1n) is 9.85. The van der Waals surface area contributed by atoms with Crippen molar-refractivity contribution in [2.45, 2.75) is 19.8 Å². The van der Waals surface area contributed by atoms with Gasteiger partial charge in [0, 0.05) is 41.8 Å². The summed E-state index contributed by atoms with van der Waals surface area (Å²) in [6, 6.07) is 5.94. The van der Waals surface area contributed by atoms with Gasteiger partial charge in [-0.15, -0.1) is 0 Å². The van der Waals surface area contributed by atoms with Crippen molar-refractivity contribution in [3.63, 3.8) is 0 Å². The summed E-state index contributed by atoms with van der Waals surface area (Å²) in [7, 11) is 3.11. The number of rotatable bonds is 10. The number of nitro groups is 1. The number of aliphatic imine (C=N–C) groups is 1. The average Bonchev–Trinajstić information content (AvgIpc) is 2.75. The normalized spacial score (nSPS) is 18.4. The highest BCUT2D eigenvalue weighted by Crippen LogP contribution is 2.41. The number of hydrogen-bond donors (Lipinski definition) is 1. The first kappa shape index (κ1) is 24.5. The molecular weight excluding hydrogens is 422 g/mol. The third kappa shape index (κ3) is 5.92. The Hall–Kier alpha value is -2.72. The molecule has 2 unspecified atom stereocenters. The molecular formula is C21H27N3O6S. The second kappa shape index (κ2) is 11.6. The number of nitrogens with zero attached hydrogens (tertiary/aromatic N) is 2. The van der Waals surface area contributed by atoms with Gasteiger partial charge in [-0.1, -0.05) is 12.1 Å². The Kier molecular flexibility index (Phi) is 9.20. The Morgan fingerprint density at radius 1 is 1.35 bits per heavy atom. The van der Waals surface area contributed by atoms with E-state index in [9.17, 15) is 19.7 Å². The number of carbonyl (C=O) groups excluding carboxylic acids is 2. The average molecular weight is 450 g/mol. The molecule has 10 heteroatoms. The van der Waals surface area contributed by atoms with Gasteiger partial charge in [0.2, 0.25) is 0 Å². The highest BCUT2D eigenvalue weighted by Gasteiger charge is 2.43. The third-order valence-corrected chi connectivity index (χ3v) is 5.81. The molecule has 31 heavy (non-hydrogen) atoms. The maximum Gasteiger partial charge on any atom is 0.336 e. The monoisotopic (exact) mass is 449 g/mol. The summed E-state index contributed by atoms with van der Waals surface area (Å²) in [6.45, 7) is 4.33. The molecule has 1 aliphatic rings. The number of ether oxygens (including phenoxy) is 2. The van der Waals surface area contributed by atoms with Gasteiger partial charge >= 0.3 is 11.9 Å². The van der Waals surface area contributed by atoms with Gasteiger partial charge in [0.15, 0.2) is 0 Å². The standard InChI is InChI=1S/C21H27N3O6S/c1-5-30-21(26)19-16(12-31-10-9-22-3)23-13(2)17(20(25)29-4)18(19)14-7-6-8-15(11-14)24(27)28/h6-8,11,17-18,22H,5,9-10,12H2,1-4H3. The van der Waals surface area contributed by atoms with Crippen LogP contribution in [-0.4, -0.2) is 61.4 Å². The van der Waals surface area contributed by atoms with E-state index in [0.29, 0.717) is 22.7 Å². The summed E-state index contributed by atoms with van der Waals surface area (Å²) in [5, 5.41) is 14.4. The summed E-state index contributed by atoms with van der Waals surface area (Å²) in [5.74, 6) is -1.62. The van der Waals surface area contributed by atoms with Crippen LogP contribution in [0.4, 0.5) is 5.69 Å². The lowest BCUT2D eigenvalue weighted by molar-refractivity contribution is -0.384. The lowest BCUT2D eigenvalue weighted by Gasteiger charge is -2.31. The van der Waals surface area contributed by atoms with E-state index in [1.807, 2.05) is 7.05 Å². The number of carbonyl (C=O) groups is 2. The van der Waals surface area contributed by atoms with Gasteiger partial charge in [-0.05, 0) is 26.5 Å². The number of non-ortho nitro benzene ring substituents is 1. The maximum absolute atomic E-state index is 13.0. The highest BCUT2D eigenvalue weighted by molar-refractivity contribution is 7.99.